The molecule has 0 aliphatic carbocycles. The van der Waals surface area contributed by atoms with Crippen molar-refractivity contribution in [2.75, 3.05) is 0 Å². The molecule has 1 N–H and O–H groups in total. The van der Waals surface area contributed by atoms with Crippen LogP contribution in [-0.2, 0) is 4.79 Å². The molecule has 0 fully saturated rings. The molecule has 0 spiro atoms. The minimum atomic E-state index is -0.963. The second-order valence-corrected chi connectivity index (χ2v) is 4.51. The van der Waals surface area contributed by atoms with Crippen molar-refractivity contribution in [3.63, 3.8) is 0 Å². The number of carbonyl (C=O) groups is 1. The first-order chi connectivity index (χ1) is 8.47. The third-order valence-electron chi connectivity index (χ3n) is 2.87. The summed E-state index contributed by atoms with van der Waals surface area (Å²) in [6.07, 6.45) is 2.63. The molecule has 0 saturated carbocycles. The zero-order valence-corrected chi connectivity index (χ0v) is 10.7. The van der Waals surface area contributed by atoms with Crippen LogP contribution in [0.5, 0.6) is 0 Å². The van der Waals surface area contributed by atoms with Gasteiger partial charge in [-0.05, 0) is 50.1 Å². The number of aromatic nitrogens is 1. The van der Waals surface area contributed by atoms with Gasteiger partial charge in [0.05, 0.1) is 11.2 Å². The molecule has 1 aromatic carbocycles. The minimum absolute atomic E-state index is 0.675. The van der Waals surface area contributed by atoms with E-state index in [-0.39, 0.29) is 0 Å². The van der Waals surface area contributed by atoms with Crippen molar-refractivity contribution in [2.45, 2.75) is 20.8 Å². The largest absolute Gasteiger partial charge is 0.478 e. The molecule has 0 saturated heterocycles. The SMILES string of the molecule is Cc1cc(C)c2nc(/C=C/C(=O)O)cc(C)c2c1. The number of rotatable bonds is 2. The highest BCUT2D eigenvalue weighted by atomic mass is 16.4. The Kier molecular flexibility index (Phi) is 3.15. The van der Waals surface area contributed by atoms with E-state index >= 15 is 0 Å². The maximum Gasteiger partial charge on any atom is 0.328 e. The number of carboxylic acids is 1. The molecule has 2 rings (SSSR count). The predicted molar refractivity (Wildman–Crippen MR) is 72.6 cm³/mol. The van der Waals surface area contributed by atoms with Gasteiger partial charge in [0.1, 0.15) is 0 Å². The van der Waals surface area contributed by atoms with Gasteiger partial charge in [-0.1, -0.05) is 11.6 Å². The number of hydrogen-bond donors (Lipinski definition) is 1. The quantitative estimate of drug-likeness (QED) is 0.821. The van der Waals surface area contributed by atoms with Crippen molar-refractivity contribution in [1.29, 1.82) is 0 Å². The Morgan fingerprint density at radius 1 is 1.17 bits per heavy atom. The van der Waals surface area contributed by atoms with Gasteiger partial charge in [-0.3, -0.25) is 0 Å². The number of fused-ring (bicyclic) bond motifs is 1. The van der Waals surface area contributed by atoms with Crippen LogP contribution in [-0.4, -0.2) is 16.1 Å². The molecule has 18 heavy (non-hydrogen) atoms. The summed E-state index contributed by atoms with van der Waals surface area (Å²) in [5.74, 6) is -0.963. The Labute approximate surface area is 106 Å². The summed E-state index contributed by atoms with van der Waals surface area (Å²) in [6.45, 7) is 6.09. The maximum absolute atomic E-state index is 10.5. The lowest BCUT2D eigenvalue weighted by molar-refractivity contribution is -0.131. The van der Waals surface area contributed by atoms with E-state index in [1.54, 1.807) is 0 Å². The normalized spacial score (nSPS) is 11.3. The van der Waals surface area contributed by atoms with Crippen LogP contribution in [0.2, 0.25) is 0 Å². The van der Waals surface area contributed by atoms with Crippen LogP contribution in [0.15, 0.2) is 24.3 Å². The minimum Gasteiger partial charge on any atom is -0.478 e. The van der Waals surface area contributed by atoms with Gasteiger partial charge in [0.2, 0.25) is 0 Å². The Balaban J connectivity index is 2.65. The first kappa shape index (κ1) is 12.3. The third-order valence-corrected chi connectivity index (χ3v) is 2.87. The number of aliphatic carboxylic acids is 1. The summed E-state index contributed by atoms with van der Waals surface area (Å²) in [5, 5.41) is 9.76. The first-order valence-corrected chi connectivity index (χ1v) is 5.77. The molecule has 1 aromatic heterocycles. The Hall–Kier alpha value is -2.16. The fourth-order valence-corrected chi connectivity index (χ4v) is 2.11. The van der Waals surface area contributed by atoms with Gasteiger partial charge >= 0.3 is 5.97 Å². The predicted octanol–water partition coefficient (Wildman–Crippen LogP) is 3.26. The summed E-state index contributed by atoms with van der Waals surface area (Å²) < 4.78 is 0. The first-order valence-electron chi connectivity index (χ1n) is 5.77. The highest BCUT2D eigenvalue weighted by molar-refractivity contribution is 5.88. The lowest BCUT2D eigenvalue weighted by Crippen LogP contribution is -1.93. The zero-order chi connectivity index (χ0) is 13.3. The summed E-state index contributed by atoms with van der Waals surface area (Å²) in [7, 11) is 0. The average molecular weight is 241 g/mol. The Morgan fingerprint density at radius 3 is 2.56 bits per heavy atom. The number of aryl methyl sites for hydroxylation is 3. The Morgan fingerprint density at radius 2 is 1.89 bits per heavy atom. The van der Waals surface area contributed by atoms with Crippen molar-refractivity contribution < 1.29 is 9.90 Å². The highest BCUT2D eigenvalue weighted by Gasteiger charge is 2.05. The van der Waals surface area contributed by atoms with Crippen molar-refractivity contribution in [3.8, 4) is 0 Å². The van der Waals surface area contributed by atoms with Gasteiger partial charge in [0.25, 0.3) is 0 Å². The lowest BCUT2D eigenvalue weighted by Gasteiger charge is -2.08. The van der Waals surface area contributed by atoms with E-state index in [2.05, 4.69) is 24.0 Å². The second-order valence-electron chi connectivity index (χ2n) is 4.51. The van der Waals surface area contributed by atoms with E-state index in [1.807, 2.05) is 19.9 Å². The van der Waals surface area contributed by atoms with E-state index in [0.29, 0.717) is 5.69 Å². The van der Waals surface area contributed by atoms with Crippen LogP contribution in [0, 0.1) is 20.8 Å². The summed E-state index contributed by atoms with van der Waals surface area (Å²) in [4.78, 5) is 15.0. The smallest absolute Gasteiger partial charge is 0.328 e. The van der Waals surface area contributed by atoms with Gasteiger partial charge in [0.15, 0.2) is 0 Å². The molecule has 0 unspecified atom stereocenters. The molecule has 0 atom stereocenters. The molecule has 92 valence electrons. The Bertz CT molecular complexity index is 657. The summed E-state index contributed by atoms with van der Waals surface area (Å²) in [5.41, 5.74) is 5.04. The third kappa shape index (κ3) is 2.40. The van der Waals surface area contributed by atoms with E-state index < -0.39 is 5.97 Å². The summed E-state index contributed by atoms with van der Waals surface area (Å²) in [6, 6.07) is 6.09. The molecule has 2 aromatic rings. The van der Waals surface area contributed by atoms with E-state index in [0.717, 1.165) is 28.1 Å². The van der Waals surface area contributed by atoms with Crippen molar-refractivity contribution >= 4 is 22.9 Å². The molecule has 0 radical (unpaired) electrons. The van der Waals surface area contributed by atoms with Gasteiger partial charge in [-0.25, -0.2) is 9.78 Å². The van der Waals surface area contributed by atoms with E-state index in [1.165, 1.54) is 11.6 Å². The fourth-order valence-electron chi connectivity index (χ4n) is 2.11. The maximum atomic E-state index is 10.5. The number of nitrogens with zero attached hydrogens (tertiary/aromatic N) is 1. The second kappa shape index (κ2) is 4.61. The van der Waals surface area contributed by atoms with Gasteiger partial charge in [-0.2, -0.15) is 0 Å². The molecule has 0 aliphatic rings. The van der Waals surface area contributed by atoms with Crippen molar-refractivity contribution in [2.24, 2.45) is 0 Å². The van der Waals surface area contributed by atoms with Crippen LogP contribution in [0.3, 0.4) is 0 Å². The molecule has 0 aliphatic heterocycles. The lowest BCUT2D eigenvalue weighted by atomic mass is 10.0. The van der Waals surface area contributed by atoms with E-state index in [4.69, 9.17) is 5.11 Å². The van der Waals surface area contributed by atoms with Gasteiger partial charge in [0, 0.05) is 11.5 Å². The van der Waals surface area contributed by atoms with Crippen molar-refractivity contribution in [3.05, 3.63) is 46.7 Å². The fraction of sp³-hybridized carbons (Fsp3) is 0.200. The van der Waals surface area contributed by atoms with E-state index in [9.17, 15) is 4.79 Å². The highest BCUT2D eigenvalue weighted by Crippen LogP contribution is 2.23. The molecule has 0 bridgehead atoms. The number of hydrogen-bond acceptors (Lipinski definition) is 2. The molecule has 1 heterocycles. The van der Waals surface area contributed by atoms with Crippen LogP contribution in [0.25, 0.3) is 17.0 Å². The monoisotopic (exact) mass is 241 g/mol. The molecular formula is C15H15NO2. The van der Waals surface area contributed by atoms with Crippen LogP contribution < -0.4 is 0 Å². The number of benzene rings is 1. The molecule has 3 nitrogen and oxygen atoms in total. The van der Waals surface area contributed by atoms with Gasteiger partial charge in [-0.15, -0.1) is 0 Å². The molecule has 0 amide bonds. The average Bonchev–Trinajstić information content (AvgIpc) is 2.28. The zero-order valence-electron chi connectivity index (χ0n) is 10.7. The summed E-state index contributed by atoms with van der Waals surface area (Å²) >= 11 is 0. The number of carboxylic acid groups (broad SMARTS) is 1. The molecular weight excluding hydrogens is 226 g/mol. The van der Waals surface area contributed by atoms with Crippen molar-refractivity contribution in [1.82, 2.24) is 4.98 Å². The van der Waals surface area contributed by atoms with Crippen LogP contribution in [0.4, 0.5) is 0 Å². The van der Waals surface area contributed by atoms with Crippen LogP contribution >= 0.6 is 0 Å². The van der Waals surface area contributed by atoms with Crippen LogP contribution in [0.1, 0.15) is 22.4 Å². The van der Waals surface area contributed by atoms with Gasteiger partial charge < -0.3 is 5.11 Å². The topological polar surface area (TPSA) is 50.2 Å². The molecule has 3 heteroatoms. The number of pyridine rings is 1. The standard InChI is InChI=1S/C15H15NO2/c1-9-6-11(3)15-13(7-9)10(2)8-12(16-15)4-5-14(17)18/h4-8H,1-3H3,(H,17,18)/b5-4+.